The van der Waals surface area contributed by atoms with Crippen LogP contribution in [0, 0.1) is 6.92 Å². The number of benzene rings is 2. The average Bonchev–Trinajstić information content (AvgIpc) is 2.98. The average molecular weight is 488 g/mol. The highest BCUT2D eigenvalue weighted by Gasteiger charge is 2.45. The Bertz CT molecular complexity index is 1010. The molecule has 1 aliphatic rings. The number of methoxy groups -OCH3 is 1. The molecular formula is C24H26BrNO5. The lowest BCUT2D eigenvalue weighted by Crippen LogP contribution is -2.32. The van der Waals surface area contributed by atoms with Gasteiger partial charge in [-0.2, -0.15) is 0 Å². The molecule has 0 spiro atoms. The van der Waals surface area contributed by atoms with Gasteiger partial charge >= 0.3 is 0 Å². The molecule has 0 radical (unpaired) electrons. The van der Waals surface area contributed by atoms with Gasteiger partial charge in [-0.25, -0.2) is 0 Å². The molecular weight excluding hydrogens is 462 g/mol. The maximum absolute atomic E-state index is 13.0. The van der Waals surface area contributed by atoms with Crippen molar-refractivity contribution in [3.05, 3.63) is 69.2 Å². The van der Waals surface area contributed by atoms with E-state index in [0.717, 1.165) is 15.6 Å². The Balaban J connectivity index is 2.11. The number of hydrogen-bond donors (Lipinski definition) is 1. The zero-order valence-corrected chi connectivity index (χ0v) is 19.6. The van der Waals surface area contributed by atoms with Gasteiger partial charge in [0.15, 0.2) is 0 Å². The third kappa shape index (κ3) is 4.83. The maximum atomic E-state index is 13.0. The number of rotatable bonds is 7. The Kier molecular flexibility index (Phi) is 7.18. The van der Waals surface area contributed by atoms with Gasteiger partial charge in [-0.05, 0) is 62.2 Å². The number of aryl methyl sites for hydroxylation is 1. The van der Waals surface area contributed by atoms with Gasteiger partial charge in [-0.1, -0.05) is 28.1 Å². The molecule has 1 aliphatic heterocycles. The Labute approximate surface area is 190 Å². The van der Waals surface area contributed by atoms with Crippen LogP contribution in [0.2, 0.25) is 0 Å². The van der Waals surface area contributed by atoms with E-state index < -0.39 is 17.7 Å². The number of carbonyl (C=O) groups excluding carboxylic acids is 2. The van der Waals surface area contributed by atoms with Gasteiger partial charge < -0.3 is 19.5 Å². The first-order valence-electron chi connectivity index (χ1n) is 10.0. The van der Waals surface area contributed by atoms with Gasteiger partial charge in [0, 0.05) is 23.7 Å². The van der Waals surface area contributed by atoms with E-state index in [-0.39, 0.29) is 30.6 Å². The molecule has 1 amide bonds. The van der Waals surface area contributed by atoms with Gasteiger partial charge in [0.05, 0.1) is 24.3 Å². The fourth-order valence-corrected chi connectivity index (χ4v) is 3.89. The summed E-state index contributed by atoms with van der Waals surface area (Å²) in [6.07, 6.45) is 0.0154. The molecule has 164 valence electrons. The summed E-state index contributed by atoms with van der Waals surface area (Å²) in [7, 11) is 1.54. The summed E-state index contributed by atoms with van der Waals surface area (Å²) < 4.78 is 11.8. The van der Waals surface area contributed by atoms with Crippen molar-refractivity contribution >= 4 is 33.4 Å². The molecule has 0 aromatic heterocycles. The second kappa shape index (κ2) is 9.66. The van der Waals surface area contributed by atoms with Gasteiger partial charge in [0.2, 0.25) is 0 Å². The molecule has 1 atom stereocenters. The molecule has 0 aliphatic carbocycles. The minimum absolute atomic E-state index is 0.0154. The number of hydrogen-bond acceptors (Lipinski definition) is 5. The molecule has 7 heteroatoms. The molecule has 1 unspecified atom stereocenters. The number of aliphatic hydroxyl groups excluding tert-OH is 1. The van der Waals surface area contributed by atoms with Crippen LogP contribution in [0.3, 0.4) is 0 Å². The number of aliphatic hydroxyl groups is 1. The van der Waals surface area contributed by atoms with Crippen LogP contribution in [0.5, 0.6) is 5.75 Å². The third-order valence-corrected chi connectivity index (χ3v) is 5.60. The van der Waals surface area contributed by atoms with Crippen molar-refractivity contribution in [3.63, 3.8) is 0 Å². The highest BCUT2D eigenvalue weighted by molar-refractivity contribution is 9.10. The van der Waals surface area contributed by atoms with Crippen LogP contribution in [-0.4, -0.2) is 48.1 Å². The number of ketones is 1. The summed E-state index contributed by atoms with van der Waals surface area (Å²) in [5.41, 5.74) is 2.09. The van der Waals surface area contributed by atoms with Crippen molar-refractivity contribution in [2.24, 2.45) is 0 Å². The maximum Gasteiger partial charge on any atom is 0.295 e. The zero-order valence-electron chi connectivity index (χ0n) is 18.0. The van der Waals surface area contributed by atoms with E-state index in [4.69, 9.17) is 9.47 Å². The molecule has 1 N–H and O–H groups in total. The number of amides is 1. The van der Waals surface area contributed by atoms with E-state index in [1.54, 1.807) is 18.2 Å². The van der Waals surface area contributed by atoms with Gasteiger partial charge in [-0.15, -0.1) is 0 Å². The lowest BCUT2D eigenvalue weighted by molar-refractivity contribution is -0.140. The number of ether oxygens (including phenoxy) is 2. The number of halogens is 1. The van der Waals surface area contributed by atoms with Crippen LogP contribution in [0.4, 0.5) is 0 Å². The van der Waals surface area contributed by atoms with Gasteiger partial charge in [-0.3, -0.25) is 9.59 Å². The Hall–Kier alpha value is -2.64. The van der Waals surface area contributed by atoms with Gasteiger partial charge in [0.25, 0.3) is 11.7 Å². The summed E-state index contributed by atoms with van der Waals surface area (Å²) in [6, 6.07) is 11.9. The summed E-state index contributed by atoms with van der Waals surface area (Å²) in [6.45, 7) is 6.26. The van der Waals surface area contributed by atoms with Gasteiger partial charge in [0.1, 0.15) is 11.5 Å². The molecule has 0 bridgehead atoms. The van der Waals surface area contributed by atoms with E-state index in [1.807, 2.05) is 45.0 Å². The predicted molar refractivity (Wildman–Crippen MR) is 122 cm³/mol. The minimum Gasteiger partial charge on any atom is -0.507 e. The molecule has 0 saturated carbocycles. The molecule has 2 aromatic carbocycles. The van der Waals surface area contributed by atoms with Crippen molar-refractivity contribution in [1.29, 1.82) is 0 Å². The number of nitrogens with zero attached hydrogens (tertiary/aromatic N) is 1. The van der Waals surface area contributed by atoms with E-state index in [1.165, 1.54) is 12.0 Å². The van der Waals surface area contributed by atoms with Crippen LogP contribution < -0.4 is 4.74 Å². The summed E-state index contributed by atoms with van der Waals surface area (Å²) in [5, 5.41) is 11.1. The molecule has 1 saturated heterocycles. The zero-order chi connectivity index (χ0) is 22.7. The van der Waals surface area contributed by atoms with E-state index in [2.05, 4.69) is 15.9 Å². The topological polar surface area (TPSA) is 76.1 Å². The smallest absolute Gasteiger partial charge is 0.295 e. The molecule has 2 aromatic rings. The molecule has 1 fully saturated rings. The Morgan fingerprint density at radius 1 is 1.16 bits per heavy atom. The van der Waals surface area contributed by atoms with Crippen LogP contribution >= 0.6 is 15.9 Å². The first-order valence-corrected chi connectivity index (χ1v) is 10.8. The first-order chi connectivity index (χ1) is 14.7. The lowest BCUT2D eigenvalue weighted by Gasteiger charge is -2.25. The lowest BCUT2D eigenvalue weighted by atomic mass is 9.95. The van der Waals surface area contributed by atoms with Crippen LogP contribution in [-0.2, 0) is 14.3 Å². The number of likely N-dealkylation sites (tertiary alicyclic amines) is 1. The Morgan fingerprint density at radius 3 is 2.42 bits per heavy atom. The van der Waals surface area contributed by atoms with Crippen LogP contribution in [0.25, 0.3) is 5.76 Å². The van der Waals surface area contributed by atoms with E-state index in [9.17, 15) is 14.7 Å². The van der Waals surface area contributed by atoms with Crippen LogP contribution in [0.15, 0.2) is 52.5 Å². The number of Topliss-reactive ketones (excluding diaryl/α,β-unsaturated/α-hetero) is 1. The Morgan fingerprint density at radius 2 is 1.84 bits per heavy atom. The molecule has 1 heterocycles. The SMILES string of the molecule is COCCN1C(=O)C(=O)/C(=C(\O)c2ccc(OC(C)C)c(C)c2)C1c1ccc(Br)cc1. The summed E-state index contributed by atoms with van der Waals surface area (Å²) in [4.78, 5) is 27.2. The predicted octanol–water partition coefficient (Wildman–Crippen LogP) is 4.61. The molecule has 31 heavy (non-hydrogen) atoms. The van der Waals surface area contributed by atoms with Crippen molar-refractivity contribution in [2.75, 3.05) is 20.3 Å². The van der Waals surface area contributed by atoms with E-state index in [0.29, 0.717) is 11.3 Å². The fourth-order valence-electron chi connectivity index (χ4n) is 3.63. The second-order valence-corrected chi connectivity index (χ2v) is 8.60. The number of carbonyl (C=O) groups is 2. The van der Waals surface area contributed by atoms with Crippen molar-refractivity contribution in [3.8, 4) is 5.75 Å². The summed E-state index contributed by atoms with van der Waals surface area (Å²) in [5.74, 6) is -0.855. The first kappa shape index (κ1) is 23.0. The van der Waals surface area contributed by atoms with Crippen molar-refractivity contribution in [2.45, 2.75) is 32.9 Å². The second-order valence-electron chi connectivity index (χ2n) is 7.68. The normalized spacial score (nSPS) is 18.1. The highest BCUT2D eigenvalue weighted by atomic mass is 79.9. The van der Waals surface area contributed by atoms with Crippen molar-refractivity contribution < 1.29 is 24.2 Å². The minimum atomic E-state index is -0.707. The monoisotopic (exact) mass is 487 g/mol. The van der Waals surface area contributed by atoms with E-state index >= 15 is 0 Å². The standard InChI is InChI=1S/C24H26BrNO5/c1-14(2)31-19-10-7-17(13-15(19)3)22(27)20-21(16-5-8-18(25)9-6-16)26(11-12-30-4)24(29)23(20)28/h5-10,13-14,21,27H,11-12H2,1-4H3/b22-20-. The molecule has 3 rings (SSSR count). The fraction of sp³-hybridized carbons (Fsp3) is 0.333. The third-order valence-electron chi connectivity index (χ3n) is 5.07. The van der Waals surface area contributed by atoms with Crippen molar-refractivity contribution in [1.82, 2.24) is 4.90 Å². The highest BCUT2D eigenvalue weighted by Crippen LogP contribution is 2.40. The molecule has 6 nitrogen and oxygen atoms in total. The summed E-state index contributed by atoms with van der Waals surface area (Å²) >= 11 is 3.41. The van der Waals surface area contributed by atoms with Crippen LogP contribution in [0.1, 0.15) is 36.6 Å². The largest absolute Gasteiger partial charge is 0.507 e. The quantitative estimate of drug-likeness (QED) is 0.350.